The minimum absolute atomic E-state index is 0.00608. The number of aromatic nitrogens is 3. The van der Waals surface area contributed by atoms with Crippen LogP contribution in [0.4, 0.5) is 4.39 Å². The fourth-order valence-electron chi connectivity index (χ4n) is 2.10. The topological polar surface area (TPSA) is 82.5 Å². The molecule has 112 valence electrons. The maximum absolute atomic E-state index is 12.2. The molecule has 0 aliphatic carbocycles. The molecule has 1 amide bonds. The Labute approximate surface area is 125 Å². The second kappa shape index (κ2) is 5.80. The minimum atomic E-state index is -0.565. The zero-order chi connectivity index (χ0) is 15.5. The average Bonchev–Trinajstić information content (AvgIpc) is 2.97. The van der Waals surface area contributed by atoms with E-state index in [4.69, 9.17) is 10.5 Å². The Hall–Kier alpha value is -2.96. The van der Waals surface area contributed by atoms with Crippen molar-refractivity contribution >= 4 is 11.6 Å². The van der Waals surface area contributed by atoms with E-state index in [0.717, 1.165) is 0 Å². The van der Waals surface area contributed by atoms with Gasteiger partial charge in [-0.05, 0) is 24.3 Å². The number of nitrogens with zero attached hydrogens (tertiary/aromatic N) is 3. The van der Waals surface area contributed by atoms with E-state index < -0.39 is 12.6 Å². The molecule has 0 unspecified atom stereocenters. The first-order chi connectivity index (χ1) is 10.7. The highest BCUT2D eigenvalue weighted by atomic mass is 19.1. The van der Waals surface area contributed by atoms with Crippen molar-refractivity contribution in [2.75, 3.05) is 13.3 Å². The fourth-order valence-corrected chi connectivity index (χ4v) is 2.10. The third-order valence-corrected chi connectivity index (χ3v) is 3.07. The number of carbonyl (C=O) groups is 1. The zero-order valence-corrected chi connectivity index (χ0v) is 11.6. The first kappa shape index (κ1) is 14.0. The van der Waals surface area contributed by atoms with Crippen molar-refractivity contribution in [3.63, 3.8) is 0 Å². The van der Waals surface area contributed by atoms with Crippen LogP contribution in [0, 0.1) is 0 Å². The summed E-state index contributed by atoms with van der Waals surface area (Å²) in [7, 11) is 0. The highest BCUT2D eigenvalue weighted by molar-refractivity contribution is 5.98. The molecule has 3 aromatic rings. The SMILES string of the molecule is NC(=O)c1cccn2nc(-c3cccc(OCCF)c3)nc12. The Morgan fingerprint density at radius 1 is 1.32 bits per heavy atom. The van der Waals surface area contributed by atoms with Gasteiger partial charge in [-0.15, -0.1) is 5.10 Å². The van der Waals surface area contributed by atoms with Crippen LogP contribution < -0.4 is 10.5 Å². The lowest BCUT2D eigenvalue weighted by Crippen LogP contribution is -2.12. The average molecular weight is 300 g/mol. The molecule has 0 atom stereocenters. The first-order valence-electron chi connectivity index (χ1n) is 6.63. The number of primary amides is 1. The zero-order valence-electron chi connectivity index (χ0n) is 11.6. The molecule has 0 bridgehead atoms. The van der Waals surface area contributed by atoms with Crippen LogP contribution >= 0.6 is 0 Å². The standard InChI is InChI=1S/C15H13FN4O2/c16-6-8-22-11-4-1-3-10(9-11)14-18-15-12(13(17)21)5-2-7-20(15)19-14/h1-5,7,9H,6,8H2,(H2,17,21). The van der Waals surface area contributed by atoms with Crippen LogP contribution in [-0.4, -0.2) is 33.8 Å². The van der Waals surface area contributed by atoms with E-state index in [1.807, 2.05) is 0 Å². The number of alkyl halides is 1. The fraction of sp³-hybridized carbons (Fsp3) is 0.133. The number of pyridine rings is 1. The maximum Gasteiger partial charge on any atom is 0.252 e. The van der Waals surface area contributed by atoms with Crippen LogP contribution in [0.5, 0.6) is 5.75 Å². The van der Waals surface area contributed by atoms with E-state index in [9.17, 15) is 9.18 Å². The van der Waals surface area contributed by atoms with Crippen molar-refractivity contribution in [2.45, 2.75) is 0 Å². The molecule has 0 fully saturated rings. The summed E-state index contributed by atoms with van der Waals surface area (Å²) in [6, 6.07) is 10.3. The van der Waals surface area contributed by atoms with Gasteiger partial charge in [0.2, 0.25) is 0 Å². The number of halogens is 1. The molecule has 0 aliphatic heterocycles. The van der Waals surface area contributed by atoms with Crippen LogP contribution in [0.2, 0.25) is 0 Å². The summed E-state index contributed by atoms with van der Waals surface area (Å²) in [5.74, 6) is 0.396. The highest BCUT2D eigenvalue weighted by Crippen LogP contribution is 2.22. The summed E-state index contributed by atoms with van der Waals surface area (Å²) in [6.45, 7) is -0.563. The molecule has 0 aliphatic rings. The minimum Gasteiger partial charge on any atom is -0.491 e. The van der Waals surface area contributed by atoms with Gasteiger partial charge in [-0.2, -0.15) is 0 Å². The van der Waals surface area contributed by atoms with Crippen LogP contribution in [0.1, 0.15) is 10.4 Å². The predicted molar refractivity (Wildman–Crippen MR) is 78.4 cm³/mol. The molecule has 2 heterocycles. The van der Waals surface area contributed by atoms with E-state index in [1.165, 1.54) is 4.52 Å². The molecule has 3 rings (SSSR count). The third kappa shape index (κ3) is 2.60. The number of fused-ring (bicyclic) bond motifs is 1. The number of rotatable bonds is 5. The number of hydrogen-bond donors (Lipinski definition) is 1. The number of hydrogen-bond acceptors (Lipinski definition) is 4. The Morgan fingerprint density at radius 2 is 2.18 bits per heavy atom. The molecule has 6 nitrogen and oxygen atoms in total. The van der Waals surface area contributed by atoms with E-state index in [0.29, 0.717) is 28.3 Å². The molecule has 0 spiro atoms. The lowest BCUT2D eigenvalue weighted by molar-refractivity contribution is 0.100. The van der Waals surface area contributed by atoms with Gasteiger partial charge in [0, 0.05) is 11.8 Å². The normalized spacial score (nSPS) is 10.8. The van der Waals surface area contributed by atoms with Gasteiger partial charge in [0.05, 0.1) is 5.56 Å². The molecule has 0 radical (unpaired) electrons. The van der Waals surface area contributed by atoms with Gasteiger partial charge in [0.15, 0.2) is 11.5 Å². The molecular weight excluding hydrogens is 287 g/mol. The van der Waals surface area contributed by atoms with E-state index in [1.54, 1.807) is 42.6 Å². The highest BCUT2D eigenvalue weighted by Gasteiger charge is 2.13. The Balaban J connectivity index is 2.03. The first-order valence-corrected chi connectivity index (χ1v) is 6.63. The number of ether oxygens (including phenoxy) is 1. The molecule has 0 saturated heterocycles. The van der Waals surface area contributed by atoms with Gasteiger partial charge >= 0.3 is 0 Å². The van der Waals surface area contributed by atoms with E-state index >= 15 is 0 Å². The summed E-state index contributed by atoms with van der Waals surface area (Å²) in [5.41, 5.74) is 6.72. The Kier molecular flexibility index (Phi) is 3.69. The van der Waals surface area contributed by atoms with Crippen LogP contribution in [0.15, 0.2) is 42.6 Å². The quantitative estimate of drug-likeness (QED) is 0.779. The lowest BCUT2D eigenvalue weighted by atomic mass is 10.2. The van der Waals surface area contributed by atoms with E-state index in [2.05, 4.69) is 10.1 Å². The summed E-state index contributed by atoms with van der Waals surface area (Å²) in [4.78, 5) is 15.8. The maximum atomic E-state index is 12.2. The van der Waals surface area contributed by atoms with Crippen molar-refractivity contribution in [1.82, 2.24) is 14.6 Å². The number of nitrogens with two attached hydrogens (primary N) is 1. The molecule has 2 aromatic heterocycles. The lowest BCUT2D eigenvalue weighted by Gasteiger charge is -2.04. The van der Waals surface area contributed by atoms with Gasteiger partial charge in [-0.25, -0.2) is 13.9 Å². The smallest absolute Gasteiger partial charge is 0.252 e. The van der Waals surface area contributed by atoms with Gasteiger partial charge in [0.25, 0.3) is 5.91 Å². The summed E-state index contributed by atoms with van der Waals surface area (Å²) >= 11 is 0. The van der Waals surface area contributed by atoms with Crippen LogP contribution in [-0.2, 0) is 0 Å². The van der Waals surface area contributed by atoms with Gasteiger partial charge in [0.1, 0.15) is 19.0 Å². The third-order valence-electron chi connectivity index (χ3n) is 3.07. The van der Waals surface area contributed by atoms with Crippen molar-refractivity contribution in [1.29, 1.82) is 0 Å². The van der Waals surface area contributed by atoms with Crippen molar-refractivity contribution in [2.24, 2.45) is 5.73 Å². The summed E-state index contributed by atoms with van der Waals surface area (Å²) in [5, 5.41) is 4.32. The van der Waals surface area contributed by atoms with Crippen molar-refractivity contribution < 1.29 is 13.9 Å². The largest absolute Gasteiger partial charge is 0.491 e. The van der Waals surface area contributed by atoms with Crippen LogP contribution in [0.25, 0.3) is 17.0 Å². The molecule has 7 heteroatoms. The molecular formula is C15H13FN4O2. The predicted octanol–water partition coefficient (Wildman–Crippen LogP) is 1.84. The molecule has 0 saturated carbocycles. The van der Waals surface area contributed by atoms with E-state index in [-0.39, 0.29) is 6.61 Å². The van der Waals surface area contributed by atoms with Gasteiger partial charge in [-0.1, -0.05) is 12.1 Å². The van der Waals surface area contributed by atoms with Crippen molar-refractivity contribution in [3.05, 3.63) is 48.2 Å². The Morgan fingerprint density at radius 3 is 2.95 bits per heavy atom. The summed E-state index contributed by atoms with van der Waals surface area (Å²) < 4.78 is 18.9. The van der Waals surface area contributed by atoms with Gasteiger partial charge in [-0.3, -0.25) is 4.79 Å². The Bertz CT molecular complexity index is 831. The second-order valence-electron chi connectivity index (χ2n) is 4.55. The van der Waals surface area contributed by atoms with Gasteiger partial charge < -0.3 is 10.5 Å². The molecule has 1 aromatic carbocycles. The van der Waals surface area contributed by atoms with Crippen LogP contribution in [0.3, 0.4) is 0 Å². The van der Waals surface area contributed by atoms with Crippen molar-refractivity contribution in [3.8, 4) is 17.1 Å². The second-order valence-corrected chi connectivity index (χ2v) is 4.55. The molecule has 2 N–H and O–H groups in total. The number of carbonyl (C=O) groups excluding carboxylic acids is 1. The summed E-state index contributed by atoms with van der Waals surface area (Å²) in [6.07, 6.45) is 1.68. The molecule has 22 heavy (non-hydrogen) atoms. The number of amides is 1. The monoisotopic (exact) mass is 300 g/mol. The number of benzene rings is 1.